The van der Waals surface area contributed by atoms with E-state index in [4.69, 9.17) is 5.11 Å². The molecule has 10 heavy (non-hydrogen) atoms. The van der Waals surface area contributed by atoms with Crippen molar-refractivity contribution in [3.63, 3.8) is 0 Å². The lowest BCUT2D eigenvalue weighted by Gasteiger charge is -1.86. The van der Waals surface area contributed by atoms with Crippen molar-refractivity contribution >= 4 is 11.3 Å². The Kier molecular flexibility index (Phi) is 1.51. The molecule has 0 bridgehead atoms. The molecule has 0 aromatic carbocycles. The van der Waals surface area contributed by atoms with Gasteiger partial charge in [0, 0.05) is 9.75 Å². The van der Waals surface area contributed by atoms with Crippen molar-refractivity contribution in [2.45, 2.75) is 25.4 Å². The van der Waals surface area contributed by atoms with Gasteiger partial charge in [-0.2, -0.15) is 0 Å². The Bertz CT molecular complexity index is 225. The molecule has 0 saturated heterocycles. The van der Waals surface area contributed by atoms with Crippen LogP contribution in [0.1, 0.15) is 28.5 Å². The van der Waals surface area contributed by atoms with Gasteiger partial charge in [-0.15, -0.1) is 11.3 Å². The first-order valence-electron chi connectivity index (χ1n) is 3.59. The Morgan fingerprint density at radius 1 is 1.50 bits per heavy atom. The molecule has 1 nitrogen and oxygen atoms in total. The van der Waals surface area contributed by atoms with Gasteiger partial charge in [0.2, 0.25) is 0 Å². The van der Waals surface area contributed by atoms with Crippen molar-refractivity contribution in [1.29, 1.82) is 0 Å². The summed E-state index contributed by atoms with van der Waals surface area (Å²) in [6.07, 6.45) is 2.71. The first-order chi connectivity index (χ1) is 4.90. The van der Waals surface area contributed by atoms with Crippen LogP contribution in [0.25, 0.3) is 0 Å². The number of rotatable bonds is 2. The van der Waals surface area contributed by atoms with Gasteiger partial charge in [-0.3, -0.25) is 0 Å². The molecule has 2 heteroatoms. The number of hydrogen-bond acceptors (Lipinski definition) is 2. The molecule has 54 valence electrons. The van der Waals surface area contributed by atoms with E-state index in [-0.39, 0.29) is 6.61 Å². The quantitative estimate of drug-likeness (QED) is 0.691. The molecule has 0 atom stereocenters. The van der Waals surface area contributed by atoms with Crippen molar-refractivity contribution < 1.29 is 5.11 Å². The van der Waals surface area contributed by atoms with Crippen LogP contribution in [0.5, 0.6) is 0 Å². The second-order valence-electron chi connectivity index (χ2n) is 2.74. The van der Waals surface area contributed by atoms with Crippen LogP contribution >= 0.6 is 11.3 Å². The number of aliphatic hydroxyl groups excluding tert-OH is 1. The van der Waals surface area contributed by atoms with E-state index >= 15 is 0 Å². The molecule has 0 radical (unpaired) electrons. The molecule has 1 heterocycles. The Labute approximate surface area is 64.3 Å². The maximum Gasteiger partial charge on any atom is 0.0774 e. The van der Waals surface area contributed by atoms with Gasteiger partial charge in [-0.1, -0.05) is 0 Å². The third-order valence-electron chi connectivity index (χ3n) is 1.82. The van der Waals surface area contributed by atoms with Crippen LogP contribution in [0.3, 0.4) is 0 Å². The second-order valence-corrected chi connectivity index (χ2v) is 3.94. The average Bonchev–Trinajstić information content (AvgIpc) is 2.70. The van der Waals surface area contributed by atoms with Crippen LogP contribution in [0, 0.1) is 0 Å². The zero-order chi connectivity index (χ0) is 6.97. The molecular weight excluding hydrogens is 144 g/mol. The highest BCUT2D eigenvalue weighted by atomic mass is 32.1. The van der Waals surface area contributed by atoms with E-state index in [9.17, 15) is 0 Å². The van der Waals surface area contributed by atoms with E-state index in [2.05, 4.69) is 6.07 Å². The van der Waals surface area contributed by atoms with Gasteiger partial charge in [0.1, 0.15) is 0 Å². The largest absolute Gasteiger partial charge is 0.391 e. The maximum absolute atomic E-state index is 8.76. The Balaban J connectivity index is 2.19. The standard InChI is InChI=1S/C8H10OS/c9-5-7-3-4-8(10-7)6-1-2-6/h3-4,6,9H,1-2,5H2. The van der Waals surface area contributed by atoms with E-state index in [0.29, 0.717) is 0 Å². The van der Waals surface area contributed by atoms with Crippen molar-refractivity contribution in [2.24, 2.45) is 0 Å². The lowest BCUT2D eigenvalue weighted by atomic mass is 10.3. The van der Waals surface area contributed by atoms with E-state index in [1.54, 1.807) is 11.3 Å². The molecule has 1 aliphatic rings. The number of aliphatic hydroxyl groups is 1. The zero-order valence-corrected chi connectivity index (χ0v) is 6.53. The van der Waals surface area contributed by atoms with Gasteiger partial charge >= 0.3 is 0 Å². The molecular formula is C8H10OS. The third-order valence-corrected chi connectivity index (χ3v) is 3.05. The average molecular weight is 154 g/mol. The summed E-state index contributed by atoms with van der Waals surface area (Å²) in [7, 11) is 0. The number of thiophene rings is 1. The van der Waals surface area contributed by atoms with E-state index in [1.165, 1.54) is 17.7 Å². The molecule has 1 fully saturated rings. The minimum Gasteiger partial charge on any atom is -0.391 e. The summed E-state index contributed by atoms with van der Waals surface area (Å²) in [4.78, 5) is 2.56. The third kappa shape index (κ3) is 1.09. The first kappa shape index (κ1) is 6.38. The minimum atomic E-state index is 0.206. The highest BCUT2D eigenvalue weighted by Gasteiger charge is 2.24. The van der Waals surface area contributed by atoms with Gasteiger partial charge in [0.15, 0.2) is 0 Å². The topological polar surface area (TPSA) is 20.2 Å². The van der Waals surface area contributed by atoms with E-state index < -0.39 is 0 Å². The molecule has 1 saturated carbocycles. The summed E-state index contributed by atoms with van der Waals surface area (Å²) < 4.78 is 0. The van der Waals surface area contributed by atoms with Crippen molar-refractivity contribution in [3.05, 3.63) is 21.9 Å². The molecule has 2 rings (SSSR count). The molecule has 0 spiro atoms. The molecule has 0 aliphatic heterocycles. The van der Waals surface area contributed by atoms with Crippen LogP contribution in [-0.2, 0) is 6.61 Å². The van der Waals surface area contributed by atoms with Gasteiger partial charge < -0.3 is 5.11 Å². The van der Waals surface area contributed by atoms with Crippen LogP contribution in [-0.4, -0.2) is 5.11 Å². The molecule has 1 aromatic rings. The molecule has 1 aromatic heterocycles. The highest BCUT2D eigenvalue weighted by molar-refractivity contribution is 7.12. The van der Waals surface area contributed by atoms with Gasteiger partial charge in [-0.05, 0) is 30.9 Å². The Morgan fingerprint density at radius 3 is 2.80 bits per heavy atom. The van der Waals surface area contributed by atoms with Crippen LogP contribution in [0.2, 0.25) is 0 Å². The van der Waals surface area contributed by atoms with Crippen LogP contribution < -0.4 is 0 Å². The summed E-state index contributed by atoms with van der Waals surface area (Å²) >= 11 is 1.75. The fraction of sp³-hybridized carbons (Fsp3) is 0.500. The van der Waals surface area contributed by atoms with Crippen molar-refractivity contribution in [1.82, 2.24) is 0 Å². The van der Waals surface area contributed by atoms with Gasteiger partial charge in [-0.25, -0.2) is 0 Å². The lowest BCUT2D eigenvalue weighted by Crippen LogP contribution is -1.70. The minimum absolute atomic E-state index is 0.206. The van der Waals surface area contributed by atoms with Crippen LogP contribution in [0.15, 0.2) is 12.1 Å². The predicted octanol–water partition coefficient (Wildman–Crippen LogP) is 2.12. The summed E-state index contributed by atoms with van der Waals surface area (Å²) in [5, 5.41) is 8.76. The van der Waals surface area contributed by atoms with E-state index in [1.807, 2.05) is 6.07 Å². The monoisotopic (exact) mass is 154 g/mol. The Morgan fingerprint density at radius 2 is 2.30 bits per heavy atom. The smallest absolute Gasteiger partial charge is 0.0774 e. The molecule has 0 unspecified atom stereocenters. The maximum atomic E-state index is 8.76. The van der Waals surface area contributed by atoms with Crippen molar-refractivity contribution in [2.75, 3.05) is 0 Å². The van der Waals surface area contributed by atoms with E-state index in [0.717, 1.165) is 10.8 Å². The molecule has 1 N–H and O–H groups in total. The Hall–Kier alpha value is -0.340. The molecule has 1 aliphatic carbocycles. The SMILES string of the molecule is OCc1ccc(C2CC2)s1. The van der Waals surface area contributed by atoms with Gasteiger partial charge in [0.25, 0.3) is 0 Å². The lowest BCUT2D eigenvalue weighted by molar-refractivity contribution is 0.285. The number of hydrogen-bond donors (Lipinski definition) is 1. The second kappa shape index (κ2) is 2.36. The zero-order valence-electron chi connectivity index (χ0n) is 5.71. The highest BCUT2D eigenvalue weighted by Crippen LogP contribution is 2.43. The normalized spacial score (nSPS) is 17.7. The fourth-order valence-corrected chi connectivity index (χ4v) is 2.11. The summed E-state index contributed by atoms with van der Waals surface area (Å²) in [6, 6.07) is 4.17. The summed E-state index contributed by atoms with van der Waals surface area (Å²) in [6.45, 7) is 0.206. The fourth-order valence-electron chi connectivity index (χ4n) is 1.07. The van der Waals surface area contributed by atoms with Crippen LogP contribution in [0.4, 0.5) is 0 Å². The first-order valence-corrected chi connectivity index (χ1v) is 4.41. The summed E-state index contributed by atoms with van der Waals surface area (Å²) in [5.74, 6) is 0.838. The predicted molar refractivity (Wildman–Crippen MR) is 42.2 cm³/mol. The molecule has 0 amide bonds. The van der Waals surface area contributed by atoms with Crippen molar-refractivity contribution in [3.8, 4) is 0 Å². The summed E-state index contributed by atoms with van der Waals surface area (Å²) in [5.41, 5.74) is 0. The van der Waals surface area contributed by atoms with Gasteiger partial charge in [0.05, 0.1) is 6.61 Å².